The van der Waals surface area contributed by atoms with E-state index < -0.39 is 0 Å². The van der Waals surface area contributed by atoms with Crippen molar-refractivity contribution in [3.05, 3.63) is 45.9 Å². The van der Waals surface area contributed by atoms with E-state index in [1.165, 1.54) is 0 Å². The highest BCUT2D eigenvalue weighted by atomic mass is 79.9. The fourth-order valence-corrected chi connectivity index (χ4v) is 2.55. The zero-order valence-electron chi connectivity index (χ0n) is 9.24. The number of nitrogen functional groups attached to an aromatic ring is 1. The van der Waals surface area contributed by atoms with Crippen LogP contribution in [0.25, 0.3) is 22.4 Å². The van der Waals surface area contributed by atoms with Gasteiger partial charge >= 0.3 is 0 Å². The van der Waals surface area contributed by atoms with Crippen molar-refractivity contribution in [2.75, 3.05) is 5.73 Å². The minimum absolute atomic E-state index is 0.687. The Morgan fingerprint density at radius 1 is 1.17 bits per heavy atom. The van der Waals surface area contributed by atoms with Gasteiger partial charge in [-0.15, -0.1) is 0 Å². The van der Waals surface area contributed by atoms with E-state index >= 15 is 0 Å². The van der Waals surface area contributed by atoms with Gasteiger partial charge in [-0.05, 0) is 36.4 Å². The predicted molar refractivity (Wildman–Crippen MR) is 78.7 cm³/mol. The Balaban J connectivity index is 2.19. The molecule has 3 rings (SSSR count). The second-order valence-corrected chi connectivity index (χ2v) is 5.37. The van der Waals surface area contributed by atoms with E-state index in [-0.39, 0.29) is 0 Å². The van der Waals surface area contributed by atoms with Gasteiger partial charge in [0.15, 0.2) is 0 Å². The zero-order valence-corrected chi connectivity index (χ0v) is 11.6. The van der Waals surface area contributed by atoms with E-state index in [0.29, 0.717) is 10.7 Å². The lowest BCUT2D eigenvalue weighted by atomic mass is 10.2. The molecule has 0 saturated carbocycles. The molecular weight excluding hydrogens is 314 g/mol. The second-order valence-electron chi connectivity index (χ2n) is 4.02. The molecule has 0 bridgehead atoms. The molecule has 5 heteroatoms. The molecule has 0 unspecified atom stereocenters. The summed E-state index contributed by atoms with van der Waals surface area (Å²) in [6, 6.07) is 11.3. The minimum Gasteiger partial charge on any atom is -0.399 e. The Bertz CT molecular complexity index is 716. The van der Waals surface area contributed by atoms with Crippen LogP contribution in [0.2, 0.25) is 5.02 Å². The topological polar surface area (TPSA) is 54.7 Å². The van der Waals surface area contributed by atoms with Crippen molar-refractivity contribution >= 4 is 44.3 Å². The summed E-state index contributed by atoms with van der Waals surface area (Å²) >= 11 is 9.37. The third-order valence-corrected chi connectivity index (χ3v) is 3.33. The maximum absolute atomic E-state index is 5.95. The van der Waals surface area contributed by atoms with E-state index in [2.05, 4.69) is 25.9 Å². The van der Waals surface area contributed by atoms with Gasteiger partial charge in [-0.3, -0.25) is 0 Å². The average Bonchev–Trinajstić information content (AvgIpc) is 2.70. The van der Waals surface area contributed by atoms with Crippen molar-refractivity contribution in [1.29, 1.82) is 0 Å². The first-order chi connectivity index (χ1) is 8.61. The number of fused-ring (bicyclic) bond motifs is 1. The van der Waals surface area contributed by atoms with Gasteiger partial charge in [-0.25, -0.2) is 4.98 Å². The summed E-state index contributed by atoms with van der Waals surface area (Å²) in [5.74, 6) is 0.778. The number of aromatic nitrogens is 2. The average molecular weight is 323 g/mol. The van der Waals surface area contributed by atoms with Gasteiger partial charge in [0.2, 0.25) is 0 Å². The van der Waals surface area contributed by atoms with E-state index in [0.717, 1.165) is 26.9 Å². The molecule has 3 N–H and O–H groups in total. The molecule has 0 radical (unpaired) electrons. The summed E-state index contributed by atoms with van der Waals surface area (Å²) < 4.78 is 0.927. The Labute approximate surface area is 117 Å². The normalized spacial score (nSPS) is 11.0. The highest BCUT2D eigenvalue weighted by molar-refractivity contribution is 9.10. The van der Waals surface area contributed by atoms with Crippen LogP contribution in [0, 0.1) is 0 Å². The molecule has 0 spiro atoms. The fourth-order valence-electron chi connectivity index (χ4n) is 1.87. The molecule has 0 fully saturated rings. The number of anilines is 1. The van der Waals surface area contributed by atoms with Crippen LogP contribution in [0.5, 0.6) is 0 Å². The molecule has 2 aromatic carbocycles. The number of hydrogen-bond acceptors (Lipinski definition) is 2. The molecule has 1 aromatic heterocycles. The van der Waals surface area contributed by atoms with E-state index in [1.54, 1.807) is 0 Å². The van der Waals surface area contributed by atoms with Gasteiger partial charge in [-0.2, -0.15) is 0 Å². The van der Waals surface area contributed by atoms with Crippen LogP contribution in [-0.4, -0.2) is 9.97 Å². The molecule has 1 heterocycles. The van der Waals surface area contributed by atoms with Crippen LogP contribution >= 0.6 is 27.5 Å². The van der Waals surface area contributed by atoms with Crippen molar-refractivity contribution in [2.45, 2.75) is 0 Å². The van der Waals surface area contributed by atoms with Crippen molar-refractivity contribution < 1.29 is 0 Å². The van der Waals surface area contributed by atoms with Gasteiger partial charge in [0.05, 0.1) is 11.0 Å². The van der Waals surface area contributed by atoms with Crippen LogP contribution in [0.1, 0.15) is 0 Å². The lowest BCUT2D eigenvalue weighted by Crippen LogP contribution is -1.87. The molecule has 0 atom stereocenters. The quantitative estimate of drug-likeness (QED) is 0.659. The molecule has 0 aliphatic carbocycles. The first-order valence-electron chi connectivity index (χ1n) is 5.33. The highest BCUT2D eigenvalue weighted by Gasteiger charge is 2.07. The smallest absolute Gasteiger partial charge is 0.138 e. The third kappa shape index (κ3) is 2.09. The monoisotopic (exact) mass is 321 g/mol. The summed E-state index contributed by atoms with van der Waals surface area (Å²) in [6.45, 7) is 0. The molecule has 0 aliphatic rings. The molecule has 0 aliphatic heterocycles. The number of aromatic amines is 1. The van der Waals surface area contributed by atoms with Gasteiger partial charge in [0.1, 0.15) is 5.82 Å². The summed E-state index contributed by atoms with van der Waals surface area (Å²) in [5.41, 5.74) is 9.25. The number of nitrogens with zero attached hydrogens (tertiary/aromatic N) is 1. The molecule has 0 saturated heterocycles. The molecule has 0 amide bonds. The first kappa shape index (κ1) is 11.6. The summed E-state index contributed by atoms with van der Waals surface area (Å²) in [4.78, 5) is 7.75. The lowest BCUT2D eigenvalue weighted by molar-refractivity contribution is 1.33. The van der Waals surface area contributed by atoms with E-state index in [9.17, 15) is 0 Å². The maximum atomic E-state index is 5.95. The van der Waals surface area contributed by atoms with Crippen LogP contribution < -0.4 is 5.73 Å². The van der Waals surface area contributed by atoms with Crippen LogP contribution in [0.15, 0.2) is 40.9 Å². The number of benzene rings is 2. The fraction of sp³-hybridized carbons (Fsp3) is 0. The zero-order chi connectivity index (χ0) is 12.7. The van der Waals surface area contributed by atoms with Crippen molar-refractivity contribution in [1.82, 2.24) is 9.97 Å². The predicted octanol–water partition coefficient (Wildman–Crippen LogP) is 4.23. The molecular formula is C13H9BrClN3. The number of H-pyrrole nitrogens is 1. The number of hydrogen-bond donors (Lipinski definition) is 2. The van der Waals surface area contributed by atoms with Crippen LogP contribution in [0.4, 0.5) is 5.69 Å². The largest absolute Gasteiger partial charge is 0.399 e. The van der Waals surface area contributed by atoms with Crippen molar-refractivity contribution in [3.63, 3.8) is 0 Å². The lowest BCUT2D eigenvalue weighted by Gasteiger charge is -2.00. The maximum Gasteiger partial charge on any atom is 0.138 e. The van der Waals surface area contributed by atoms with Crippen molar-refractivity contribution in [2.24, 2.45) is 0 Å². The Hall–Kier alpha value is -1.52. The Morgan fingerprint density at radius 2 is 2.00 bits per heavy atom. The number of nitrogens with two attached hydrogens (primary N) is 1. The molecule has 3 nitrogen and oxygen atoms in total. The van der Waals surface area contributed by atoms with Gasteiger partial charge < -0.3 is 10.7 Å². The van der Waals surface area contributed by atoms with E-state index in [1.807, 2.05) is 36.4 Å². The Kier molecular flexibility index (Phi) is 2.76. The Morgan fingerprint density at radius 3 is 2.78 bits per heavy atom. The molecule has 18 heavy (non-hydrogen) atoms. The summed E-state index contributed by atoms with van der Waals surface area (Å²) in [5, 5.41) is 0.687. The molecule has 90 valence electrons. The van der Waals surface area contributed by atoms with Crippen LogP contribution in [0.3, 0.4) is 0 Å². The summed E-state index contributed by atoms with van der Waals surface area (Å²) in [6.07, 6.45) is 0. The highest BCUT2D eigenvalue weighted by Crippen LogP contribution is 2.27. The third-order valence-electron chi connectivity index (χ3n) is 2.64. The molecule has 3 aromatic rings. The number of nitrogens with one attached hydrogen (secondary N) is 1. The summed E-state index contributed by atoms with van der Waals surface area (Å²) in [7, 11) is 0. The minimum atomic E-state index is 0.687. The van der Waals surface area contributed by atoms with Gasteiger partial charge in [0.25, 0.3) is 0 Å². The van der Waals surface area contributed by atoms with Gasteiger partial charge in [0, 0.05) is 20.7 Å². The van der Waals surface area contributed by atoms with Gasteiger partial charge in [-0.1, -0.05) is 27.5 Å². The standard InChI is InChI=1S/C13H9BrClN3/c14-8-3-7(4-10(16)5-8)13-17-11-2-1-9(15)6-12(11)18-13/h1-6H,16H2,(H,17,18). The van der Waals surface area contributed by atoms with Crippen molar-refractivity contribution in [3.8, 4) is 11.4 Å². The SMILES string of the molecule is Nc1cc(Br)cc(-c2nc3ccc(Cl)cc3[nH]2)c1. The number of imidazole rings is 1. The number of halogens is 2. The second kappa shape index (κ2) is 4.30. The first-order valence-corrected chi connectivity index (χ1v) is 6.50. The number of rotatable bonds is 1. The van der Waals surface area contributed by atoms with Crippen LogP contribution in [-0.2, 0) is 0 Å². The van der Waals surface area contributed by atoms with E-state index in [4.69, 9.17) is 17.3 Å².